The Hall–Kier alpha value is -2.74. The molecule has 5 heteroatoms. The normalized spacial score (nSPS) is 9.75. The van der Waals surface area contributed by atoms with E-state index in [1.54, 1.807) is 6.07 Å². The van der Waals surface area contributed by atoms with Crippen LogP contribution in [0.15, 0.2) is 42.6 Å². The molecule has 0 amide bonds. The van der Waals surface area contributed by atoms with Crippen LogP contribution < -0.4 is 15.8 Å². The molecule has 20 heavy (non-hydrogen) atoms. The number of nitriles is 1. The quantitative estimate of drug-likeness (QED) is 0.786. The summed E-state index contributed by atoms with van der Waals surface area (Å²) < 4.78 is 5.58. The van der Waals surface area contributed by atoms with Crippen LogP contribution in [0.5, 0.6) is 5.75 Å². The van der Waals surface area contributed by atoms with Gasteiger partial charge in [0.1, 0.15) is 17.6 Å². The molecule has 0 saturated carbocycles. The Kier molecular flexibility index (Phi) is 4.79. The van der Waals surface area contributed by atoms with Crippen molar-refractivity contribution in [1.29, 1.82) is 5.26 Å². The SMILES string of the molecule is N#Cc1cnc(NCCCOc2ccccc2)c(N)c1. The molecule has 0 radical (unpaired) electrons. The van der Waals surface area contributed by atoms with Crippen LogP contribution in [0.1, 0.15) is 12.0 Å². The summed E-state index contributed by atoms with van der Waals surface area (Å²) in [5.74, 6) is 1.47. The Morgan fingerprint density at radius 2 is 2.10 bits per heavy atom. The molecule has 102 valence electrons. The maximum Gasteiger partial charge on any atom is 0.149 e. The molecule has 0 saturated heterocycles. The predicted molar refractivity (Wildman–Crippen MR) is 78.4 cm³/mol. The number of hydrogen-bond donors (Lipinski definition) is 2. The molecule has 0 atom stereocenters. The third kappa shape index (κ3) is 3.89. The van der Waals surface area contributed by atoms with Gasteiger partial charge in [0, 0.05) is 12.7 Å². The van der Waals surface area contributed by atoms with Gasteiger partial charge in [0.2, 0.25) is 0 Å². The van der Waals surface area contributed by atoms with Crippen molar-refractivity contribution in [1.82, 2.24) is 4.98 Å². The zero-order valence-electron chi connectivity index (χ0n) is 11.0. The zero-order valence-corrected chi connectivity index (χ0v) is 11.0. The lowest BCUT2D eigenvalue weighted by atomic mass is 10.3. The van der Waals surface area contributed by atoms with Gasteiger partial charge in [-0.05, 0) is 24.6 Å². The molecule has 0 aliphatic carbocycles. The van der Waals surface area contributed by atoms with Gasteiger partial charge in [-0.3, -0.25) is 0 Å². The second-order valence-electron chi connectivity index (χ2n) is 4.22. The maximum absolute atomic E-state index is 8.72. The third-order valence-electron chi connectivity index (χ3n) is 2.67. The minimum atomic E-state index is 0.459. The predicted octanol–water partition coefficient (Wildman–Crippen LogP) is 2.42. The van der Waals surface area contributed by atoms with Crippen molar-refractivity contribution in [2.24, 2.45) is 0 Å². The minimum absolute atomic E-state index is 0.459. The molecule has 0 spiro atoms. The highest BCUT2D eigenvalue weighted by Crippen LogP contribution is 2.15. The molecule has 0 unspecified atom stereocenters. The summed E-state index contributed by atoms with van der Waals surface area (Å²) in [6, 6.07) is 13.3. The largest absolute Gasteiger partial charge is 0.494 e. The Morgan fingerprint density at radius 1 is 1.30 bits per heavy atom. The van der Waals surface area contributed by atoms with Crippen molar-refractivity contribution in [3.8, 4) is 11.8 Å². The van der Waals surface area contributed by atoms with Crippen LogP contribution in [-0.4, -0.2) is 18.1 Å². The summed E-state index contributed by atoms with van der Waals surface area (Å²) in [6.07, 6.45) is 2.33. The van der Waals surface area contributed by atoms with Crippen molar-refractivity contribution in [3.63, 3.8) is 0 Å². The third-order valence-corrected chi connectivity index (χ3v) is 2.67. The lowest BCUT2D eigenvalue weighted by Crippen LogP contribution is -2.10. The number of para-hydroxylation sites is 1. The molecule has 2 aromatic rings. The fraction of sp³-hybridized carbons (Fsp3) is 0.200. The second-order valence-corrected chi connectivity index (χ2v) is 4.22. The van der Waals surface area contributed by atoms with E-state index in [4.69, 9.17) is 15.7 Å². The summed E-state index contributed by atoms with van der Waals surface area (Å²) in [4.78, 5) is 4.11. The van der Waals surface area contributed by atoms with Gasteiger partial charge in [0.15, 0.2) is 0 Å². The molecule has 0 bridgehead atoms. The van der Waals surface area contributed by atoms with Crippen molar-refractivity contribution in [3.05, 3.63) is 48.2 Å². The highest BCUT2D eigenvalue weighted by molar-refractivity contribution is 5.62. The number of nitrogens with one attached hydrogen (secondary N) is 1. The average Bonchev–Trinajstić information content (AvgIpc) is 2.49. The van der Waals surface area contributed by atoms with Crippen molar-refractivity contribution in [2.75, 3.05) is 24.2 Å². The molecular formula is C15H16N4O. The number of nitrogens with zero attached hydrogens (tertiary/aromatic N) is 2. The van der Waals surface area contributed by atoms with Gasteiger partial charge < -0.3 is 15.8 Å². The van der Waals surface area contributed by atoms with E-state index in [2.05, 4.69) is 10.3 Å². The van der Waals surface area contributed by atoms with Gasteiger partial charge in [-0.25, -0.2) is 4.98 Å². The van der Waals surface area contributed by atoms with E-state index in [1.165, 1.54) is 6.20 Å². The van der Waals surface area contributed by atoms with Crippen LogP contribution in [-0.2, 0) is 0 Å². The number of pyridine rings is 1. The first-order chi connectivity index (χ1) is 9.79. The monoisotopic (exact) mass is 268 g/mol. The minimum Gasteiger partial charge on any atom is -0.494 e. The van der Waals surface area contributed by atoms with Crippen LogP contribution in [0.2, 0.25) is 0 Å². The Balaban J connectivity index is 1.72. The first-order valence-corrected chi connectivity index (χ1v) is 6.37. The Morgan fingerprint density at radius 3 is 2.80 bits per heavy atom. The van der Waals surface area contributed by atoms with Gasteiger partial charge in [-0.2, -0.15) is 5.26 Å². The molecule has 0 aliphatic rings. The smallest absolute Gasteiger partial charge is 0.149 e. The van der Waals surface area contributed by atoms with E-state index in [0.717, 1.165) is 12.2 Å². The first-order valence-electron chi connectivity index (χ1n) is 6.37. The molecule has 0 aliphatic heterocycles. The standard InChI is InChI=1S/C15H16N4O/c16-10-12-9-14(17)15(19-11-12)18-7-4-8-20-13-5-2-1-3-6-13/h1-3,5-6,9,11H,4,7-8,17H2,(H,18,19). The van der Waals surface area contributed by atoms with E-state index in [0.29, 0.717) is 30.2 Å². The van der Waals surface area contributed by atoms with Crippen LogP contribution in [0.3, 0.4) is 0 Å². The Labute approximate surface area is 118 Å². The molecule has 3 N–H and O–H groups in total. The topological polar surface area (TPSA) is 84.0 Å². The van der Waals surface area contributed by atoms with Gasteiger partial charge in [0.05, 0.1) is 17.9 Å². The number of nitrogen functional groups attached to an aromatic ring is 1. The summed E-state index contributed by atoms with van der Waals surface area (Å²) in [5, 5.41) is 11.8. The number of aromatic nitrogens is 1. The highest BCUT2D eigenvalue weighted by atomic mass is 16.5. The summed E-state index contributed by atoms with van der Waals surface area (Å²) >= 11 is 0. The first kappa shape index (κ1) is 13.7. The molecule has 1 aromatic heterocycles. The Bertz CT molecular complexity index is 593. The summed E-state index contributed by atoms with van der Waals surface area (Å²) in [7, 11) is 0. The average molecular weight is 268 g/mol. The van der Waals surface area contributed by atoms with Gasteiger partial charge in [0.25, 0.3) is 0 Å². The van der Waals surface area contributed by atoms with Crippen LogP contribution in [0.25, 0.3) is 0 Å². The van der Waals surface area contributed by atoms with E-state index in [9.17, 15) is 0 Å². The van der Waals surface area contributed by atoms with Gasteiger partial charge in [-0.1, -0.05) is 18.2 Å². The van der Waals surface area contributed by atoms with E-state index < -0.39 is 0 Å². The fourth-order valence-electron chi connectivity index (χ4n) is 1.68. The number of ether oxygens (including phenoxy) is 1. The second kappa shape index (κ2) is 7.00. The number of rotatable bonds is 6. The fourth-order valence-corrected chi connectivity index (χ4v) is 1.68. The van der Waals surface area contributed by atoms with Crippen LogP contribution >= 0.6 is 0 Å². The molecule has 1 heterocycles. The van der Waals surface area contributed by atoms with E-state index >= 15 is 0 Å². The lowest BCUT2D eigenvalue weighted by molar-refractivity contribution is 0.315. The number of nitrogens with two attached hydrogens (primary N) is 1. The summed E-state index contributed by atoms with van der Waals surface area (Å²) in [5.41, 5.74) is 6.73. The lowest BCUT2D eigenvalue weighted by Gasteiger charge is -2.09. The summed E-state index contributed by atoms with van der Waals surface area (Å²) in [6.45, 7) is 1.32. The van der Waals surface area contributed by atoms with Crippen molar-refractivity contribution >= 4 is 11.5 Å². The molecular weight excluding hydrogens is 252 g/mol. The molecule has 5 nitrogen and oxygen atoms in total. The van der Waals surface area contributed by atoms with Crippen LogP contribution in [0.4, 0.5) is 11.5 Å². The number of anilines is 2. The van der Waals surface area contributed by atoms with Gasteiger partial charge in [-0.15, -0.1) is 0 Å². The highest BCUT2D eigenvalue weighted by Gasteiger charge is 2.01. The number of benzene rings is 1. The zero-order chi connectivity index (χ0) is 14.2. The molecule has 2 rings (SSSR count). The van der Waals surface area contributed by atoms with Crippen molar-refractivity contribution in [2.45, 2.75) is 6.42 Å². The maximum atomic E-state index is 8.72. The van der Waals surface area contributed by atoms with Gasteiger partial charge >= 0.3 is 0 Å². The molecule has 0 fully saturated rings. The van der Waals surface area contributed by atoms with E-state index in [1.807, 2.05) is 36.4 Å². The molecule has 1 aromatic carbocycles. The van der Waals surface area contributed by atoms with E-state index in [-0.39, 0.29) is 0 Å². The van der Waals surface area contributed by atoms with Crippen molar-refractivity contribution < 1.29 is 4.74 Å². The van der Waals surface area contributed by atoms with Crippen LogP contribution in [0, 0.1) is 11.3 Å². The number of hydrogen-bond acceptors (Lipinski definition) is 5.